The van der Waals surface area contributed by atoms with E-state index in [-0.39, 0.29) is 12.6 Å². The summed E-state index contributed by atoms with van der Waals surface area (Å²) in [5, 5.41) is 12.7. The van der Waals surface area contributed by atoms with Gasteiger partial charge in [-0.2, -0.15) is 0 Å². The van der Waals surface area contributed by atoms with Crippen LogP contribution in [0.1, 0.15) is 26.2 Å². The molecule has 2 rings (SSSR count). The number of aromatic nitrogens is 1. The average molecular weight is 235 g/mol. The van der Waals surface area contributed by atoms with Gasteiger partial charge in [0.05, 0.1) is 36.4 Å². The monoisotopic (exact) mass is 235 g/mol. The molecule has 2 heterocycles. The Balaban J connectivity index is 2.09. The third-order valence-electron chi connectivity index (χ3n) is 3.22. The van der Waals surface area contributed by atoms with Crippen molar-refractivity contribution in [2.24, 2.45) is 0 Å². The molecule has 0 bridgehead atoms. The van der Waals surface area contributed by atoms with Gasteiger partial charge in [-0.25, -0.2) is 0 Å². The molecule has 0 aliphatic carbocycles. The van der Waals surface area contributed by atoms with Crippen LogP contribution >= 0.6 is 0 Å². The van der Waals surface area contributed by atoms with Gasteiger partial charge in [0.2, 0.25) is 0 Å². The topological polar surface area (TPSA) is 48.4 Å². The maximum Gasteiger partial charge on any atom is 0.0635 e. The molecule has 1 saturated heterocycles. The first-order valence-electron chi connectivity index (χ1n) is 6.41. The molecule has 2 N–H and O–H groups in total. The molecule has 1 aromatic rings. The maximum absolute atomic E-state index is 9.33. The van der Waals surface area contributed by atoms with Crippen molar-refractivity contribution in [1.29, 1.82) is 0 Å². The van der Waals surface area contributed by atoms with Crippen molar-refractivity contribution < 1.29 is 5.11 Å². The molecular weight excluding hydrogens is 214 g/mol. The first kappa shape index (κ1) is 12.2. The van der Waals surface area contributed by atoms with Gasteiger partial charge in [-0.15, -0.1) is 0 Å². The largest absolute Gasteiger partial charge is 0.394 e. The van der Waals surface area contributed by atoms with Crippen LogP contribution in [-0.4, -0.2) is 35.8 Å². The lowest BCUT2D eigenvalue weighted by molar-refractivity contribution is 0.266. The Morgan fingerprint density at radius 3 is 3.18 bits per heavy atom. The van der Waals surface area contributed by atoms with E-state index in [1.807, 2.05) is 12.4 Å². The zero-order valence-electron chi connectivity index (χ0n) is 10.4. The summed E-state index contributed by atoms with van der Waals surface area (Å²) >= 11 is 0. The number of anilines is 2. The van der Waals surface area contributed by atoms with Gasteiger partial charge in [-0.05, 0) is 25.3 Å². The first-order chi connectivity index (χ1) is 8.35. The summed E-state index contributed by atoms with van der Waals surface area (Å²) in [7, 11) is 0. The van der Waals surface area contributed by atoms with Crippen LogP contribution in [0.3, 0.4) is 0 Å². The van der Waals surface area contributed by atoms with Crippen molar-refractivity contribution >= 4 is 11.4 Å². The van der Waals surface area contributed by atoms with Gasteiger partial charge in [0.25, 0.3) is 0 Å². The smallest absolute Gasteiger partial charge is 0.0635 e. The predicted molar refractivity (Wildman–Crippen MR) is 70.5 cm³/mol. The molecule has 1 aliphatic rings. The minimum absolute atomic E-state index is 0.229. The van der Waals surface area contributed by atoms with E-state index >= 15 is 0 Å². The first-order valence-corrected chi connectivity index (χ1v) is 6.41. The second kappa shape index (κ2) is 5.87. The number of aliphatic hydroxyl groups is 1. The summed E-state index contributed by atoms with van der Waals surface area (Å²) in [6.07, 6.45) is 7.06. The summed E-state index contributed by atoms with van der Waals surface area (Å²) < 4.78 is 0. The predicted octanol–water partition coefficient (Wildman–Crippen LogP) is 1.86. The van der Waals surface area contributed by atoms with Crippen LogP contribution in [0.2, 0.25) is 0 Å². The van der Waals surface area contributed by atoms with E-state index in [1.165, 1.54) is 0 Å². The molecule has 4 heteroatoms. The van der Waals surface area contributed by atoms with Crippen molar-refractivity contribution in [3.63, 3.8) is 0 Å². The Kier molecular flexibility index (Phi) is 4.20. The van der Waals surface area contributed by atoms with Gasteiger partial charge in [-0.3, -0.25) is 4.98 Å². The Labute approximate surface area is 103 Å². The van der Waals surface area contributed by atoms with Crippen LogP contribution in [0.5, 0.6) is 0 Å². The summed E-state index contributed by atoms with van der Waals surface area (Å²) in [5.41, 5.74) is 2.18. The molecule has 1 aliphatic heterocycles. The third kappa shape index (κ3) is 2.88. The number of nitrogens with zero attached hydrogens (tertiary/aromatic N) is 2. The zero-order valence-corrected chi connectivity index (χ0v) is 10.4. The maximum atomic E-state index is 9.33. The zero-order chi connectivity index (χ0) is 12.1. The second-order valence-electron chi connectivity index (χ2n) is 4.53. The molecule has 0 radical (unpaired) electrons. The molecule has 0 aromatic carbocycles. The molecule has 0 amide bonds. The summed E-state index contributed by atoms with van der Waals surface area (Å²) in [6.45, 7) is 4.36. The molecule has 1 fully saturated rings. The van der Waals surface area contributed by atoms with Gasteiger partial charge in [0.15, 0.2) is 0 Å². The SMILES string of the molecule is CCCNc1cncc(N2CCCC2CO)c1. The van der Waals surface area contributed by atoms with Gasteiger partial charge < -0.3 is 15.3 Å². The van der Waals surface area contributed by atoms with Crippen LogP contribution in [-0.2, 0) is 0 Å². The van der Waals surface area contributed by atoms with Gasteiger partial charge in [-0.1, -0.05) is 6.92 Å². The third-order valence-corrected chi connectivity index (χ3v) is 3.22. The number of aliphatic hydroxyl groups excluding tert-OH is 1. The van der Waals surface area contributed by atoms with E-state index in [0.29, 0.717) is 0 Å². The number of nitrogens with one attached hydrogen (secondary N) is 1. The molecule has 0 spiro atoms. The van der Waals surface area contributed by atoms with Crippen LogP contribution < -0.4 is 10.2 Å². The number of pyridine rings is 1. The molecule has 4 nitrogen and oxygen atoms in total. The standard InChI is InChI=1S/C13H21N3O/c1-2-5-15-11-7-13(9-14-8-11)16-6-3-4-12(16)10-17/h7-9,12,15,17H,2-6,10H2,1H3. The van der Waals surface area contributed by atoms with E-state index in [9.17, 15) is 5.11 Å². The highest BCUT2D eigenvalue weighted by molar-refractivity contribution is 5.56. The van der Waals surface area contributed by atoms with E-state index in [1.54, 1.807) is 0 Å². The Bertz CT molecular complexity index is 356. The molecule has 1 unspecified atom stereocenters. The summed E-state index contributed by atoms with van der Waals surface area (Å²) in [6, 6.07) is 2.38. The number of rotatable bonds is 5. The molecular formula is C13H21N3O. The normalized spacial score (nSPS) is 19.6. The van der Waals surface area contributed by atoms with Crippen LogP contribution in [0.25, 0.3) is 0 Å². The van der Waals surface area contributed by atoms with Crippen molar-refractivity contribution in [2.45, 2.75) is 32.2 Å². The Hall–Kier alpha value is -1.29. The lowest BCUT2D eigenvalue weighted by atomic mass is 10.2. The summed E-state index contributed by atoms with van der Waals surface area (Å²) in [5.74, 6) is 0. The van der Waals surface area contributed by atoms with E-state index < -0.39 is 0 Å². The number of hydrogen-bond donors (Lipinski definition) is 2. The summed E-state index contributed by atoms with van der Waals surface area (Å²) in [4.78, 5) is 6.52. The van der Waals surface area contributed by atoms with Crippen LogP contribution in [0, 0.1) is 0 Å². The van der Waals surface area contributed by atoms with E-state index in [2.05, 4.69) is 28.2 Å². The van der Waals surface area contributed by atoms with Gasteiger partial charge in [0, 0.05) is 13.1 Å². The van der Waals surface area contributed by atoms with Crippen LogP contribution in [0.4, 0.5) is 11.4 Å². The highest BCUT2D eigenvalue weighted by atomic mass is 16.3. The molecule has 0 saturated carbocycles. The Morgan fingerprint density at radius 1 is 1.53 bits per heavy atom. The molecule has 94 valence electrons. The van der Waals surface area contributed by atoms with E-state index in [4.69, 9.17) is 0 Å². The molecule has 1 aromatic heterocycles. The fourth-order valence-corrected chi connectivity index (χ4v) is 2.32. The lowest BCUT2D eigenvalue weighted by Crippen LogP contribution is -2.32. The second-order valence-corrected chi connectivity index (χ2v) is 4.53. The quantitative estimate of drug-likeness (QED) is 0.818. The van der Waals surface area contributed by atoms with Crippen molar-refractivity contribution in [3.05, 3.63) is 18.5 Å². The van der Waals surface area contributed by atoms with Crippen molar-refractivity contribution in [3.8, 4) is 0 Å². The van der Waals surface area contributed by atoms with Gasteiger partial charge in [0.1, 0.15) is 0 Å². The highest BCUT2D eigenvalue weighted by Gasteiger charge is 2.24. The fraction of sp³-hybridized carbons (Fsp3) is 0.615. The lowest BCUT2D eigenvalue weighted by Gasteiger charge is -2.25. The Morgan fingerprint density at radius 2 is 2.41 bits per heavy atom. The average Bonchev–Trinajstić information content (AvgIpc) is 2.85. The minimum atomic E-state index is 0.229. The van der Waals surface area contributed by atoms with Crippen molar-refractivity contribution in [2.75, 3.05) is 29.9 Å². The highest BCUT2D eigenvalue weighted by Crippen LogP contribution is 2.26. The minimum Gasteiger partial charge on any atom is -0.394 e. The van der Waals surface area contributed by atoms with E-state index in [0.717, 1.165) is 43.7 Å². The molecule has 17 heavy (non-hydrogen) atoms. The number of hydrogen-bond acceptors (Lipinski definition) is 4. The van der Waals surface area contributed by atoms with Crippen LogP contribution in [0.15, 0.2) is 18.5 Å². The van der Waals surface area contributed by atoms with Crippen molar-refractivity contribution in [1.82, 2.24) is 4.98 Å². The fourth-order valence-electron chi connectivity index (χ4n) is 2.32. The molecule has 1 atom stereocenters. The van der Waals surface area contributed by atoms with Gasteiger partial charge >= 0.3 is 0 Å².